The van der Waals surface area contributed by atoms with Gasteiger partial charge < -0.3 is 13.9 Å². The second kappa shape index (κ2) is 4.81. The van der Waals surface area contributed by atoms with Gasteiger partial charge in [0.25, 0.3) is 0 Å². The predicted molar refractivity (Wildman–Crippen MR) is 74.5 cm³/mol. The molecule has 1 aliphatic heterocycles. The third-order valence-electron chi connectivity index (χ3n) is 5.03. The van der Waals surface area contributed by atoms with E-state index in [0.717, 1.165) is 6.42 Å². The largest absolute Gasteiger partial charge is 0.463 e. The molecule has 2 heterocycles. The molecule has 22 heavy (non-hydrogen) atoms. The molecule has 0 amide bonds. The fourth-order valence-corrected chi connectivity index (χ4v) is 6.23. The zero-order valence-electron chi connectivity index (χ0n) is 12.0. The van der Waals surface area contributed by atoms with Crippen molar-refractivity contribution in [2.45, 2.75) is 36.8 Å². The van der Waals surface area contributed by atoms with Gasteiger partial charge in [-0.05, 0) is 36.8 Å². The Morgan fingerprint density at radius 3 is 3.00 bits per heavy atom. The third-order valence-corrected chi connectivity index (χ3v) is 6.97. The molecule has 3 fully saturated rings. The van der Waals surface area contributed by atoms with Crippen LogP contribution in [-0.4, -0.2) is 38.9 Å². The molecule has 2 saturated carbocycles. The summed E-state index contributed by atoms with van der Waals surface area (Å²) in [5.41, 5.74) is 0. The van der Waals surface area contributed by atoms with Crippen LogP contribution in [0, 0.1) is 11.8 Å². The van der Waals surface area contributed by atoms with Gasteiger partial charge in [0, 0.05) is 0 Å². The Morgan fingerprint density at radius 2 is 2.23 bits per heavy atom. The zero-order chi connectivity index (χ0) is 15.5. The second-order valence-corrected chi connectivity index (χ2v) is 8.09. The molecule has 1 aromatic heterocycles. The second-order valence-electron chi connectivity index (χ2n) is 6.16. The first-order valence-electron chi connectivity index (χ1n) is 7.29. The number of sulfonamides is 1. The van der Waals surface area contributed by atoms with Crippen LogP contribution in [0.5, 0.6) is 0 Å². The number of esters is 1. The van der Waals surface area contributed by atoms with Gasteiger partial charge in [-0.2, -0.15) is 0 Å². The van der Waals surface area contributed by atoms with E-state index in [-0.39, 0.29) is 41.6 Å². The number of hydrogen-bond donors (Lipinski definition) is 1. The van der Waals surface area contributed by atoms with Crippen molar-refractivity contribution in [1.82, 2.24) is 4.72 Å². The maximum absolute atomic E-state index is 12.0. The van der Waals surface area contributed by atoms with Crippen molar-refractivity contribution in [3.63, 3.8) is 0 Å². The number of rotatable bonds is 4. The summed E-state index contributed by atoms with van der Waals surface area (Å²) in [4.78, 5) is 11.3. The molecule has 1 N–H and O–H groups in total. The molecular weight excluding hydrogens is 310 g/mol. The zero-order valence-corrected chi connectivity index (χ0v) is 12.8. The van der Waals surface area contributed by atoms with Crippen LogP contribution < -0.4 is 4.72 Å². The topological polar surface area (TPSA) is 94.8 Å². The molecule has 120 valence electrons. The number of hydrogen-bond acceptors (Lipinski definition) is 6. The van der Waals surface area contributed by atoms with Crippen LogP contribution in [0.25, 0.3) is 0 Å². The molecule has 4 rings (SSSR count). The molecule has 7 nitrogen and oxygen atoms in total. The number of furan rings is 1. The van der Waals surface area contributed by atoms with Gasteiger partial charge in [0.05, 0.1) is 24.5 Å². The number of methoxy groups -OCH3 is 1. The Balaban J connectivity index is 1.43. The molecule has 2 aliphatic carbocycles. The van der Waals surface area contributed by atoms with Gasteiger partial charge in [-0.3, -0.25) is 0 Å². The molecular formula is C14H17NO6S. The Kier molecular flexibility index (Phi) is 3.11. The lowest BCUT2D eigenvalue weighted by molar-refractivity contribution is -0.0126. The molecule has 8 heteroatoms. The maximum atomic E-state index is 12.0. The summed E-state index contributed by atoms with van der Waals surface area (Å²) in [6.45, 7) is 0.216. The van der Waals surface area contributed by atoms with E-state index in [1.807, 2.05) is 0 Å². The van der Waals surface area contributed by atoms with Crippen LogP contribution in [-0.2, 0) is 26.1 Å². The molecule has 1 saturated heterocycles. The number of carbonyl (C=O) groups excluding carboxylic acids is 1. The lowest BCUT2D eigenvalue weighted by atomic mass is 9.93. The van der Waals surface area contributed by atoms with Crippen LogP contribution in [0.3, 0.4) is 0 Å². The quantitative estimate of drug-likeness (QED) is 0.817. The lowest BCUT2D eigenvalue weighted by Crippen LogP contribution is -2.40. The van der Waals surface area contributed by atoms with E-state index < -0.39 is 16.0 Å². The predicted octanol–water partition coefficient (Wildman–Crippen LogP) is 0.661. The maximum Gasteiger partial charge on any atom is 0.373 e. The summed E-state index contributed by atoms with van der Waals surface area (Å²) in [6.07, 6.45) is 1.45. The van der Waals surface area contributed by atoms with E-state index in [0.29, 0.717) is 12.2 Å². The van der Waals surface area contributed by atoms with Gasteiger partial charge in [-0.1, -0.05) is 0 Å². The van der Waals surface area contributed by atoms with E-state index in [2.05, 4.69) is 9.46 Å². The van der Waals surface area contributed by atoms with E-state index >= 15 is 0 Å². The fraction of sp³-hybridized carbons (Fsp3) is 0.643. The van der Waals surface area contributed by atoms with Crippen molar-refractivity contribution in [3.8, 4) is 0 Å². The van der Waals surface area contributed by atoms with Crippen LogP contribution in [0.15, 0.2) is 16.5 Å². The third kappa shape index (κ3) is 2.01. The van der Waals surface area contributed by atoms with E-state index in [9.17, 15) is 13.2 Å². The minimum absolute atomic E-state index is 0.120. The van der Waals surface area contributed by atoms with E-state index in [1.54, 1.807) is 12.1 Å². The first-order chi connectivity index (χ1) is 10.5. The Morgan fingerprint density at radius 1 is 1.41 bits per heavy atom. The first-order valence-corrected chi connectivity index (χ1v) is 8.84. The van der Waals surface area contributed by atoms with Gasteiger partial charge >= 0.3 is 5.97 Å². The Hall–Kier alpha value is -1.38. The van der Waals surface area contributed by atoms with Crippen LogP contribution >= 0.6 is 0 Å². The summed E-state index contributed by atoms with van der Waals surface area (Å²) < 4.78 is 42.5. The molecule has 0 radical (unpaired) electrons. The van der Waals surface area contributed by atoms with Crippen molar-refractivity contribution in [1.29, 1.82) is 0 Å². The van der Waals surface area contributed by atoms with Gasteiger partial charge in [0.15, 0.2) is 0 Å². The molecule has 3 aliphatic rings. The Bertz CT molecular complexity index is 711. The van der Waals surface area contributed by atoms with Crippen molar-refractivity contribution < 1.29 is 27.1 Å². The molecule has 0 aromatic carbocycles. The summed E-state index contributed by atoms with van der Waals surface area (Å²) in [7, 11) is -1.88. The summed E-state index contributed by atoms with van der Waals surface area (Å²) in [6, 6.07) is 3.09. The van der Waals surface area contributed by atoms with Gasteiger partial charge in [-0.15, -0.1) is 0 Å². The first kappa shape index (κ1) is 14.2. The summed E-state index contributed by atoms with van der Waals surface area (Å²) in [5.74, 6) is 0.580. The normalized spacial score (nSPS) is 37.6. The fourth-order valence-electron chi connectivity index (χ4n) is 4.13. The van der Waals surface area contributed by atoms with Crippen molar-refractivity contribution in [3.05, 3.63) is 23.7 Å². The Labute approximate surface area is 128 Å². The van der Waals surface area contributed by atoms with Crippen molar-refractivity contribution in [2.24, 2.45) is 11.8 Å². The molecule has 5 atom stereocenters. The van der Waals surface area contributed by atoms with Crippen LogP contribution in [0.2, 0.25) is 0 Å². The number of nitrogens with one attached hydrogen (secondary N) is 1. The van der Waals surface area contributed by atoms with Gasteiger partial charge in [0.2, 0.25) is 15.8 Å². The smallest absolute Gasteiger partial charge is 0.373 e. The average molecular weight is 327 g/mol. The average Bonchev–Trinajstić information content (AvgIpc) is 3.20. The highest BCUT2D eigenvalue weighted by Gasteiger charge is 2.62. The lowest BCUT2D eigenvalue weighted by Gasteiger charge is -2.25. The van der Waals surface area contributed by atoms with Gasteiger partial charge in [0.1, 0.15) is 12.4 Å². The summed E-state index contributed by atoms with van der Waals surface area (Å²) in [5, 5.41) is -0.239. The standard InChI is InChI=1S/C14H17NO6S/c1-19-14(16)10-3-2-8(21-10)6-20-13-7-4-9-11(5-7)22(17,18)15-12(9)13/h2-3,7,9,11-13,15H,4-6H2,1H3. The number of ether oxygens (including phenoxy) is 2. The highest BCUT2D eigenvalue weighted by molar-refractivity contribution is 7.90. The van der Waals surface area contributed by atoms with Crippen LogP contribution in [0.1, 0.15) is 29.2 Å². The van der Waals surface area contributed by atoms with Gasteiger partial charge in [-0.25, -0.2) is 17.9 Å². The van der Waals surface area contributed by atoms with Crippen molar-refractivity contribution >= 4 is 16.0 Å². The SMILES string of the molecule is COC(=O)c1ccc(COC2C3CC4C2NS(=O)(=O)C4C3)o1. The molecule has 5 unspecified atom stereocenters. The van der Waals surface area contributed by atoms with Crippen LogP contribution in [0.4, 0.5) is 0 Å². The van der Waals surface area contributed by atoms with Crippen molar-refractivity contribution in [2.75, 3.05) is 7.11 Å². The summed E-state index contributed by atoms with van der Waals surface area (Å²) >= 11 is 0. The number of fused-ring (bicyclic) bond motifs is 1. The van der Waals surface area contributed by atoms with E-state index in [4.69, 9.17) is 9.15 Å². The molecule has 0 spiro atoms. The minimum Gasteiger partial charge on any atom is -0.463 e. The minimum atomic E-state index is -3.17. The highest BCUT2D eigenvalue weighted by Crippen LogP contribution is 2.52. The number of carbonyl (C=O) groups is 1. The molecule has 1 aromatic rings. The highest BCUT2D eigenvalue weighted by atomic mass is 32.2. The monoisotopic (exact) mass is 327 g/mol. The molecule has 2 bridgehead atoms. The van der Waals surface area contributed by atoms with E-state index in [1.165, 1.54) is 7.11 Å².